The standard InChI is InChI=1S/C13H10BrClN2OS/c14-11-6-9(7-16-13(11)15)17-12(18)8-19-10-4-2-1-3-5-10/h1-7H,8H2,(H,17,18). The Hall–Kier alpha value is -1.04. The fraction of sp³-hybridized carbons (Fsp3) is 0.0769. The summed E-state index contributed by atoms with van der Waals surface area (Å²) in [5.41, 5.74) is 0.620. The number of nitrogens with zero attached hydrogens (tertiary/aromatic N) is 1. The lowest BCUT2D eigenvalue weighted by molar-refractivity contribution is -0.113. The molecule has 1 amide bonds. The Labute approximate surface area is 128 Å². The van der Waals surface area contributed by atoms with E-state index in [1.54, 1.807) is 6.07 Å². The number of thioether (sulfide) groups is 1. The van der Waals surface area contributed by atoms with E-state index in [4.69, 9.17) is 11.6 Å². The smallest absolute Gasteiger partial charge is 0.234 e. The lowest BCUT2D eigenvalue weighted by Gasteiger charge is -2.05. The first-order valence-electron chi connectivity index (χ1n) is 5.44. The van der Waals surface area contributed by atoms with Gasteiger partial charge in [-0.2, -0.15) is 0 Å². The predicted molar refractivity (Wildman–Crippen MR) is 82.7 cm³/mol. The van der Waals surface area contributed by atoms with E-state index in [1.165, 1.54) is 18.0 Å². The molecule has 1 aromatic heterocycles. The van der Waals surface area contributed by atoms with E-state index >= 15 is 0 Å². The molecule has 0 saturated carbocycles. The van der Waals surface area contributed by atoms with Crippen LogP contribution in [0.15, 0.2) is 52.0 Å². The van der Waals surface area contributed by atoms with Crippen LogP contribution in [0.5, 0.6) is 0 Å². The second-order valence-electron chi connectivity index (χ2n) is 3.65. The third kappa shape index (κ3) is 4.53. The molecule has 1 N–H and O–H groups in total. The van der Waals surface area contributed by atoms with Gasteiger partial charge < -0.3 is 5.32 Å². The van der Waals surface area contributed by atoms with Gasteiger partial charge in [-0.25, -0.2) is 4.98 Å². The molecule has 1 heterocycles. The Kier molecular flexibility index (Phi) is 5.24. The Morgan fingerprint density at radius 2 is 2.11 bits per heavy atom. The van der Waals surface area contributed by atoms with Crippen LogP contribution in [0.1, 0.15) is 0 Å². The molecule has 0 aliphatic carbocycles. The van der Waals surface area contributed by atoms with E-state index in [0.29, 0.717) is 21.1 Å². The number of pyridine rings is 1. The van der Waals surface area contributed by atoms with Crippen molar-refractivity contribution in [2.45, 2.75) is 4.90 Å². The van der Waals surface area contributed by atoms with Gasteiger partial charge in [0, 0.05) is 4.90 Å². The van der Waals surface area contributed by atoms with Crippen molar-refractivity contribution in [3.8, 4) is 0 Å². The van der Waals surface area contributed by atoms with Gasteiger partial charge in [-0.1, -0.05) is 29.8 Å². The fourth-order valence-corrected chi connectivity index (χ4v) is 2.52. The highest BCUT2D eigenvalue weighted by Gasteiger charge is 2.06. The lowest BCUT2D eigenvalue weighted by atomic mass is 10.4. The molecule has 0 fully saturated rings. The van der Waals surface area contributed by atoms with Crippen molar-refractivity contribution >= 4 is 50.9 Å². The molecular formula is C13H10BrClN2OS. The van der Waals surface area contributed by atoms with Crippen molar-refractivity contribution in [3.63, 3.8) is 0 Å². The van der Waals surface area contributed by atoms with Gasteiger partial charge in [0.05, 0.1) is 22.1 Å². The molecule has 3 nitrogen and oxygen atoms in total. The highest BCUT2D eigenvalue weighted by atomic mass is 79.9. The number of rotatable bonds is 4. The van der Waals surface area contributed by atoms with Crippen molar-refractivity contribution in [2.75, 3.05) is 11.1 Å². The van der Waals surface area contributed by atoms with Gasteiger partial charge in [-0.3, -0.25) is 4.79 Å². The van der Waals surface area contributed by atoms with Crippen LogP contribution in [0.4, 0.5) is 5.69 Å². The van der Waals surface area contributed by atoms with Crippen molar-refractivity contribution in [2.24, 2.45) is 0 Å². The topological polar surface area (TPSA) is 42.0 Å². The first-order chi connectivity index (χ1) is 9.15. The first-order valence-corrected chi connectivity index (χ1v) is 7.59. The number of aromatic nitrogens is 1. The molecule has 6 heteroatoms. The van der Waals surface area contributed by atoms with Gasteiger partial charge in [0.1, 0.15) is 5.15 Å². The summed E-state index contributed by atoms with van der Waals surface area (Å²) < 4.78 is 0.655. The third-order valence-electron chi connectivity index (χ3n) is 2.19. The molecule has 0 bridgehead atoms. The zero-order valence-electron chi connectivity index (χ0n) is 9.77. The Bertz CT molecular complexity index is 580. The number of nitrogens with one attached hydrogen (secondary N) is 1. The fourth-order valence-electron chi connectivity index (χ4n) is 1.35. The van der Waals surface area contributed by atoms with Crippen molar-refractivity contribution < 1.29 is 4.79 Å². The summed E-state index contributed by atoms with van der Waals surface area (Å²) in [4.78, 5) is 16.8. The van der Waals surface area contributed by atoms with E-state index in [9.17, 15) is 4.79 Å². The summed E-state index contributed by atoms with van der Waals surface area (Å²) in [6.45, 7) is 0. The summed E-state index contributed by atoms with van der Waals surface area (Å²) in [7, 11) is 0. The van der Waals surface area contributed by atoms with Crippen molar-refractivity contribution in [3.05, 3.63) is 52.2 Å². The molecular weight excluding hydrogens is 348 g/mol. The highest BCUT2D eigenvalue weighted by molar-refractivity contribution is 9.10. The summed E-state index contributed by atoms with van der Waals surface area (Å²) in [6, 6.07) is 11.5. The van der Waals surface area contributed by atoms with E-state index < -0.39 is 0 Å². The van der Waals surface area contributed by atoms with E-state index in [-0.39, 0.29) is 5.91 Å². The maximum atomic E-state index is 11.8. The number of hydrogen-bond donors (Lipinski definition) is 1. The number of carbonyl (C=O) groups is 1. The third-order valence-corrected chi connectivity index (χ3v) is 4.34. The highest BCUT2D eigenvalue weighted by Crippen LogP contribution is 2.23. The summed E-state index contributed by atoms with van der Waals surface area (Å²) >= 11 is 10.5. The van der Waals surface area contributed by atoms with Gasteiger partial charge in [0.15, 0.2) is 0 Å². The Morgan fingerprint density at radius 1 is 1.37 bits per heavy atom. The summed E-state index contributed by atoms with van der Waals surface area (Å²) in [5, 5.41) is 3.14. The van der Waals surface area contributed by atoms with Crippen molar-refractivity contribution in [1.29, 1.82) is 0 Å². The summed E-state index contributed by atoms with van der Waals surface area (Å²) in [5.74, 6) is 0.273. The van der Waals surface area contributed by atoms with Gasteiger partial charge in [-0.15, -0.1) is 11.8 Å². The molecule has 98 valence electrons. The predicted octanol–water partition coefficient (Wildman–Crippen LogP) is 4.23. The average Bonchev–Trinajstić information content (AvgIpc) is 2.42. The molecule has 0 saturated heterocycles. The molecule has 0 spiro atoms. The number of anilines is 1. The Balaban J connectivity index is 1.89. The van der Waals surface area contributed by atoms with E-state index in [1.807, 2.05) is 30.3 Å². The summed E-state index contributed by atoms with van der Waals surface area (Å²) in [6.07, 6.45) is 1.53. The van der Waals surface area contributed by atoms with E-state index in [0.717, 1.165) is 4.90 Å². The van der Waals surface area contributed by atoms with Gasteiger partial charge in [0.2, 0.25) is 5.91 Å². The second-order valence-corrected chi connectivity index (χ2v) is 5.91. The second kappa shape index (κ2) is 6.93. The zero-order chi connectivity index (χ0) is 13.7. The van der Waals surface area contributed by atoms with Crippen LogP contribution in [0.2, 0.25) is 5.15 Å². The number of halogens is 2. The molecule has 0 aliphatic rings. The minimum absolute atomic E-state index is 0.0788. The largest absolute Gasteiger partial charge is 0.324 e. The maximum absolute atomic E-state index is 11.8. The number of benzene rings is 1. The van der Waals surface area contributed by atoms with Crippen LogP contribution >= 0.6 is 39.3 Å². The van der Waals surface area contributed by atoms with Crippen LogP contribution in [-0.4, -0.2) is 16.6 Å². The maximum Gasteiger partial charge on any atom is 0.234 e. The van der Waals surface area contributed by atoms with Crippen LogP contribution in [0.3, 0.4) is 0 Å². The van der Waals surface area contributed by atoms with Crippen LogP contribution in [0, 0.1) is 0 Å². The van der Waals surface area contributed by atoms with Crippen LogP contribution in [0.25, 0.3) is 0 Å². The molecule has 2 rings (SSSR count). The van der Waals surface area contributed by atoms with Crippen LogP contribution < -0.4 is 5.32 Å². The molecule has 0 atom stereocenters. The zero-order valence-corrected chi connectivity index (χ0v) is 12.9. The molecule has 0 aliphatic heterocycles. The van der Waals surface area contributed by atoms with Gasteiger partial charge in [-0.05, 0) is 34.1 Å². The molecule has 19 heavy (non-hydrogen) atoms. The lowest BCUT2D eigenvalue weighted by Crippen LogP contribution is -2.14. The van der Waals surface area contributed by atoms with E-state index in [2.05, 4.69) is 26.2 Å². The molecule has 1 aromatic carbocycles. The monoisotopic (exact) mass is 356 g/mol. The minimum Gasteiger partial charge on any atom is -0.324 e. The first kappa shape index (κ1) is 14.4. The number of carbonyl (C=O) groups excluding carboxylic acids is 1. The molecule has 0 radical (unpaired) electrons. The van der Waals surface area contributed by atoms with Gasteiger partial charge >= 0.3 is 0 Å². The Morgan fingerprint density at radius 3 is 2.79 bits per heavy atom. The SMILES string of the molecule is O=C(CSc1ccccc1)Nc1cnc(Cl)c(Br)c1. The molecule has 2 aromatic rings. The minimum atomic E-state index is -0.0788. The van der Waals surface area contributed by atoms with Crippen LogP contribution in [-0.2, 0) is 4.79 Å². The average molecular weight is 358 g/mol. The van der Waals surface area contributed by atoms with Gasteiger partial charge in [0.25, 0.3) is 0 Å². The number of amides is 1. The quantitative estimate of drug-likeness (QED) is 0.658. The molecule has 0 unspecified atom stereocenters. The normalized spacial score (nSPS) is 10.2. The van der Waals surface area contributed by atoms with Crippen molar-refractivity contribution in [1.82, 2.24) is 4.98 Å². The number of hydrogen-bond acceptors (Lipinski definition) is 3.